The van der Waals surface area contributed by atoms with Crippen molar-refractivity contribution in [2.45, 2.75) is 0 Å². The van der Waals surface area contributed by atoms with Crippen LogP contribution in [0, 0.1) is 0 Å². The fourth-order valence-electron chi connectivity index (χ4n) is 3.13. The average Bonchev–Trinajstić information content (AvgIpc) is 2.76. The van der Waals surface area contributed by atoms with Gasteiger partial charge in [-0.05, 0) is 60.7 Å². The smallest absolute Gasteiger partial charge is 0.253 e. The minimum atomic E-state index is 0.00563. The van der Waals surface area contributed by atoms with Crippen LogP contribution in [0.2, 0.25) is 5.02 Å². The van der Waals surface area contributed by atoms with Crippen molar-refractivity contribution in [3.05, 3.63) is 71.2 Å². The van der Waals surface area contributed by atoms with E-state index in [1.54, 1.807) is 54.6 Å². The molecule has 1 aliphatic rings. The number of anilines is 2. The molecule has 0 bridgehead atoms. The number of amides is 1. The van der Waals surface area contributed by atoms with Crippen LogP contribution in [0.25, 0.3) is 0 Å². The van der Waals surface area contributed by atoms with Crippen LogP contribution in [0.15, 0.2) is 60.7 Å². The molecule has 0 saturated carbocycles. The Hall–Kier alpha value is -3.32. The molecular weight excluding hydrogens is 390 g/mol. The molecule has 3 aromatic rings. The number of nitrogens with zero attached hydrogens (tertiary/aromatic N) is 4. The van der Waals surface area contributed by atoms with Gasteiger partial charge in [0.2, 0.25) is 0 Å². The summed E-state index contributed by atoms with van der Waals surface area (Å²) in [5, 5.41) is 8.65. The molecule has 2 N–H and O–H groups in total. The van der Waals surface area contributed by atoms with Crippen LogP contribution in [0.3, 0.4) is 0 Å². The lowest BCUT2D eigenvalue weighted by Gasteiger charge is -2.35. The molecule has 1 aromatic heterocycles. The number of halogens is 1. The van der Waals surface area contributed by atoms with Gasteiger partial charge in [-0.2, -0.15) is 0 Å². The fraction of sp³-hybridized carbons (Fsp3) is 0.190. The van der Waals surface area contributed by atoms with Crippen molar-refractivity contribution in [2.75, 3.05) is 36.8 Å². The third-order valence-corrected chi connectivity index (χ3v) is 4.96. The molecule has 1 fully saturated rings. The number of ether oxygens (including phenoxy) is 1. The normalized spacial score (nSPS) is 14.0. The van der Waals surface area contributed by atoms with E-state index in [1.807, 2.05) is 11.0 Å². The predicted molar refractivity (Wildman–Crippen MR) is 113 cm³/mol. The molecular formula is C21H20ClN5O2. The molecule has 1 aliphatic heterocycles. The van der Waals surface area contributed by atoms with Gasteiger partial charge < -0.3 is 20.3 Å². The maximum absolute atomic E-state index is 12.8. The van der Waals surface area contributed by atoms with Crippen LogP contribution in [0.5, 0.6) is 11.5 Å². The number of nitrogens with two attached hydrogens (primary N) is 1. The lowest BCUT2D eigenvalue weighted by Crippen LogP contribution is -2.49. The maximum Gasteiger partial charge on any atom is 0.253 e. The molecule has 29 heavy (non-hydrogen) atoms. The van der Waals surface area contributed by atoms with Gasteiger partial charge in [0.1, 0.15) is 17.3 Å². The lowest BCUT2D eigenvalue weighted by molar-refractivity contribution is 0.0746. The minimum Gasteiger partial charge on any atom is -0.457 e. The quantitative estimate of drug-likeness (QED) is 0.710. The van der Waals surface area contributed by atoms with Gasteiger partial charge in [0.25, 0.3) is 5.91 Å². The van der Waals surface area contributed by atoms with Gasteiger partial charge in [-0.25, -0.2) is 0 Å². The molecule has 1 saturated heterocycles. The fourth-order valence-corrected chi connectivity index (χ4v) is 3.26. The molecule has 2 aromatic carbocycles. The number of carbonyl (C=O) groups excluding carboxylic acids is 1. The zero-order chi connectivity index (χ0) is 20.2. The number of piperazine rings is 1. The molecule has 7 nitrogen and oxygen atoms in total. The van der Waals surface area contributed by atoms with Gasteiger partial charge in [-0.1, -0.05) is 11.6 Å². The van der Waals surface area contributed by atoms with Gasteiger partial charge in [-0.15, -0.1) is 10.2 Å². The number of hydrogen-bond acceptors (Lipinski definition) is 6. The Bertz CT molecular complexity index is 969. The summed E-state index contributed by atoms with van der Waals surface area (Å²) in [4.78, 5) is 16.7. The summed E-state index contributed by atoms with van der Waals surface area (Å²) < 4.78 is 5.77. The molecule has 2 heterocycles. The summed E-state index contributed by atoms with van der Waals surface area (Å²) in [6.07, 6.45) is 0. The molecule has 0 spiro atoms. The minimum absolute atomic E-state index is 0.00563. The molecule has 0 atom stereocenters. The second kappa shape index (κ2) is 8.36. The Morgan fingerprint density at radius 2 is 1.48 bits per heavy atom. The Kier molecular flexibility index (Phi) is 5.48. The van der Waals surface area contributed by atoms with Crippen LogP contribution in [0.4, 0.5) is 11.6 Å². The first-order valence-electron chi connectivity index (χ1n) is 9.25. The summed E-state index contributed by atoms with van der Waals surface area (Å²) in [7, 11) is 0. The zero-order valence-corrected chi connectivity index (χ0v) is 16.4. The highest BCUT2D eigenvalue weighted by Gasteiger charge is 2.23. The highest BCUT2D eigenvalue weighted by Crippen LogP contribution is 2.24. The summed E-state index contributed by atoms with van der Waals surface area (Å²) in [6.45, 7) is 2.63. The zero-order valence-electron chi connectivity index (χ0n) is 15.7. The van der Waals surface area contributed by atoms with E-state index in [-0.39, 0.29) is 5.91 Å². The maximum atomic E-state index is 12.8. The van der Waals surface area contributed by atoms with E-state index in [1.165, 1.54) is 0 Å². The third kappa shape index (κ3) is 4.57. The number of nitrogen functional groups attached to an aromatic ring is 1. The Morgan fingerprint density at radius 3 is 2.07 bits per heavy atom. The van der Waals surface area contributed by atoms with E-state index in [4.69, 9.17) is 22.1 Å². The van der Waals surface area contributed by atoms with Crippen LogP contribution >= 0.6 is 11.6 Å². The van der Waals surface area contributed by atoms with Crippen molar-refractivity contribution in [3.63, 3.8) is 0 Å². The average molecular weight is 410 g/mol. The second-order valence-corrected chi connectivity index (χ2v) is 7.11. The highest BCUT2D eigenvalue weighted by molar-refractivity contribution is 6.30. The second-order valence-electron chi connectivity index (χ2n) is 6.68. The van der Waals surface area contributed by atoms with Crippen molar-refractivity contribution < 1.29 is 9.53 Å². The van der Waals surface area contributed by atoms with Crippen molar-refractivity contribution >= 4 is 29.1 Å². The third-order valence-electron chi connectivity index (χ3n) is 4.71. The van der Waals surface area contributed by atoms with Gasteiger partial charge in [0, 0.05) is 36.8 Å². The molecule has 4 rings (SSSR count). The van der Waals surface area contributed by atoms with Gasteiger partial charge in [0.05, 0.1) is 0 Å². The topological polar surface area (TPSA) is 84.6 Å². The van der Waals surface area contributed by atoms with Crippen LogP contribution < -0.4 is 15.4 Å². The molecule has 1 amide bonds. The van der Waals surface area contributed by atoms with Gasteiger partial charge in [0.15, 0.2) is 5.82 Å². The van der Waals surface area contributed by atoms with Crippen LogP contribution in [-0.4, -0.2) is 47.2 Å². The first kappa shape index (κ1) is 19.0. The van der Waals surface area contributed by atoms with Crippen molar-refractivity contribution in [1.82, 2.24) is 15.1 Å². The Labute approximate surface area is 173 Å². The first-order chi connectivity index (χ1) is 14.1. The summed E-state index contributed by atoms with van der Waals surface area (Å²) in [5.41, 5.74) is 6.22. The summed E-state index contributed by atoms with van der Waals surface area (Å²) in [6, 6.07) is 17.9. The van der Waals surface area contributed by atoms with Crippen LogP contribution in [0.1, 0.15) is 10.4 Å². The van der Waals surface area contributed by atoms with E-state index in [9.17, 15) is 4.79 Å². The van der Waals surface area contributed by atoms with E-state index < -0.39 is 0 Å². The highest BCUT2D eigenvalue weighted by atomic mass is 35.5. The van der Waals surface area contributed by atoms with E-state index in [2.05, 4.69) is 15.1 Å². The molecule has 0 aliphatic carbocycles. The number of carbonyl (C=O) groups is 1. The molecule has 0 radical (unpaired) electrons. The van der Waals surface area contributed by atoms with E-state index in [0.29, 0.717) is 54.1 Å². The summed E-state index contributed by atoms with van der Waals surface area (Å²) >= 11 is 5.88. The Balaban J connectivity index is 1.35. The van der Waals surface area contributed by atoms with Gasteiger partial charge in [-0.3, -0.25) is 4.79 Å². The number of benzene rings is 2. The van der Waals surface area contributed by atoms with Crippen molar-refractivity contribution in [2.24, 2.45) is 0 Å². The number of aromatic nitrogens is 2. The van der Waals surface area contributed by atoms with E-state index in [0.717, 1.165) is 5.82 Å². The summed E-state index contributed by atoms with van der Waals surface area (Å²) in [5.74, 6) is 2.53. The van der Waals surface area contributed by atoms with Crippen molar-refractivity contribution in [1.29, 1.82) is 0 Å². The number of hydrogen-bond donors (Lipinski definition) is 1. The molecule has 0 unspecified atom stereocenters. The predicted octanol–water partition coefficient (Wildman–Crippen LogP) is 3.47. The lowest BCUT2D eigenvalue weighted by atomic mass is 10.1. The standard InChI is InChI=1S/C21H20ClN5O2/c22-16-3-7-18(8-4-16)29-17-5-1-15(2-6-17)21(28)27-13-11-26(12-14-27)20-10-9-19(23)24-25-20/h1-10H,11-14H2,(H2,23,24). The van der Waals surface area contributed by atoms with Gasteiger partial charge >= 0.3 is 0 Å². The van der Waals surface area contributed by atoms with Crippen LogP contribution in [-0.2, 0) is 0 Å². The number of rotatable bonds is 4. The monoisotopic (exact) mass is 409 g/mol. The first-order valence-corrected chi connectivity index (χ1v) is 9.63. The SMILES string of the molecule is Nc1ccc(N2CCN(C(=O)c3ccc(Oc4ccc(Cl)cc4)cc3)CC2)nn1. The molecule has 148 valence electrons. The van der Waals surface area contributed by atoms with E-state index >= 15 is 0 Å². The Morgan fingerprint density at radius 1 is 0.862 bits per heavy atom. The van der Waals surface area contributed by atoms with Crippen molar-refractivity contribution in [3.8, 4) is 11.5 Å². The molecule has 8 heteroatoms. The largest absolute Gasteiger partial charge is 0.457 e.